The lowest BCUT2D eigenvalue weighted by atomic mass is 10.3. The van der Waals surface area contributed by atoms with Gasteiger partial charge in [-0.2, -0.15) is 8.42 Å². The Morgan fingerprint density at radius 1 is 1.31 bits per heavy atom. The highest BCUT2D eigenvalue weighted by Gasteiger charge is 2.02. The third-order valence-corrected chi connectivity index (χ3v) is 1.64. The van der Waals surface area contributed by atoms with Gasteiger partial charge in [0, 0.05) is 0 Å². The Kier molecular flexibility index (Phi) is 2.71. The van der Waals surface area contributed by atoms with E-state index in [9.17, 15) is 8.42 Å². The van der Waals surface area contributed by atoms with Crippen LogP contribution < -0.4 is 16.0 Å². The van der Waals surface area contributed by atoms with Crippen LogP contribution in [0.15, 0.2) is 24.3 Å². The molecule has 1 aromatic carbocycles. The van der Waals surface area contributed by atoms with Gasteiger partial charge in [0.05, 0.1) is 11.4 Å². The average molecular weight is 203 g/mol. The van der Waals surface area contributed by atoms with Crippen LogP contribution >= 0.6 is 0 Å². The molecule has 0 aliphatic rings. The van der Waals surface area contributed by atoms with Crippen LogP contribution in [-0.4, -0.2) is 13.0 Å². The largest absolute Gasteiger partial charge is 0.397 e. The summed E-state index contributed by atoms with van der Waals surface area (Å²) in [6.45, 7) is 0. The molecule has 0 heterocycles. The van der Waals surface area contributed by atoms with Crippen molar-refractivity contribution in [1.82, 2.24) is 4.83 Å². The zero-order valence-electron chi connectivity index (χ0n) is 6.56. The molecule has 0 amide bonds. The lowest BCUT2D eigenvalue weighted by molar-refractivity contribution is 0.473. The SMILES string of the molecule is Nc1ccccc1NNS(=O)(=O)O. The number of nitrogen functional groups attached to an aromatic ring is 1. The molecule has 0 atom stereocenters. The second-order valence-electron chi connectivity index (χ2n) is 2.29. The molecule has 5 N–H and O–H groups in total. The molecule has 13 heavy (non-hydrogen) atoms. The molecule has 0 radical (unpaired) electrons. The van der Waals surface area contributed by atoms with E-state index in [1.54, 1.807) is 29.1 Å². The van der Waals surface area contributed by atoms with Crippen molar-refractivity contribution in [2.45, 2.75) is 0 Å². The minimum atomic E-state index is -4.26. The molecule has 0 aromatic heterocycles. The molecule has 1 rings (SSSR count). The molecule has 1 aromatic rings. The van der Waals surface area contributed by atoms with Gasteiger partial charge in [0.1, 0.15) is 0 Å². The summed E-state index contributed by atoms with van der Waals surface area (Å²) in [5.41, 5.74) is 8.46. The van der Waals surface area contributed by atoms with Crippen LogP contribution in [0.5, 0.6) is 0 Å². The van der Waals surface area contributed by atoms with Crippen LogP contribution in [0.2, 0.25) is 0 Å². The number of hydrazine groups is 1. The van der Waals surface area contributed by atoms with Gasteiger partial charge in [-0.05, 0) is 12.1 Å². The van der Waals surface area contributed by atoms with Crippen LogP contribution in [0.4, 0.5) is 11.4 Å². The lowest BCUT2D eigenvalue weighted by Crippen LogP contribution is -2.28. The van der Waals surface area contributed by atoms with E-state index < -0.39 is 10.3 Å². The Bertz CT molecular complexity index is 390. The summed E-state index contributed by atoms with van der Waals surface area (Å²) in [5, 5.41) is 0. The molecule has 0 bridgehead atoms. The molecule has 6 nitrogen and oxygen atoms in total. The maximum Gasteiger partial charge on any atom is 0.350 e. The first kappa shape index (κ1) is 9.78. The van der Waals surface area contributed by atoms with Crippen LogP contribution in [0, 0.1) is 0 Å². The first-order valence-electron chi connectivity index (χ1n) is 3.34. The Balaban J connectivity index is 2.71. The summed E-state index contributed by atoms with van der Waals surface area (Å²) in [7, 11) is -4.26. The van der Waals surface area contributed by atoms with Gasteiger partial charge in [0.2, 0.25) is 0 Å². The smallest absolute Gasteiger partial charge is 0.350 e. The molecule has 0 aliphatic heterocycles. The first-order chi connectivity index (χ1) is 5.99. The Hall–Kier alpha value is -1.31. The van der Waals surface area contributed by atoms with Gasteiger partial charge in [-0.3, -0.25) is 4.55 Å². The van der Waals surface area contributed by atoms with Gasteiger partial charge < -0.3 is 11.2 Å². The number of hydrogen-bond donors (Lipinski definition) is 4. The standard InChI is InChI=1S/C6H9N3O3S/c7-5-3-1-2-4-6(5)8-9-13(10,11)12/h1-4,8-9H,7H2,(H,10,11,12). The molecule has 0 fully saturated rings. The quantitative estimate of drug-likeness (QED) is 0.314. The average Bonchev–Trinajstić information content (AvgIpc) is 2.01. The summed E-state index contributed by atoms with van der Waals surface area (Å²) >= 11 is 0. The topological polar surface area (TPSA) is 104 Å². The molecule has 0 unspecified atom stereocenters. The molecule has 7 heteroatoms. The van der Waals surface area contributed by atoms with Crippen molar-refractivity contribution < 1.29 is 13.0 Å². The van der Waals surface area contributed by atoms with Crippen LogP contribution in [0.3, 0.4) is 0 Å². The van der Waals surface area contributed by atoms with E-state index in [-0.39, 0.29) is 0 Å². The van der Waals surface area contributed by atoms with Crippen molar-refractivity contribution in [1.29, 1.82) is 0 Å². The molecule has 0 saturated heterocycles. The minimum absolute atomic E-state index is 0.374. The second-order valence-corrected chi connectivity index (χ2v) is 3.44. The van der Waals surface area contributed by atoms with Crippen LogP contribution in [-0.2, 0) is 10.3 Å². The van der Waals surface area contributed by atoms with Crippen LogP contribution in [0.1, 0.15) is 0 Å². The highest BCUT2D eigenvalue weighted by molar-refractivity contribution is 7.83. The molecule has 72 valence electrons. The zero-order chi connectivity index (χ0) is 9.90. The van der Waals surface area contributed by atoms with E-state index in [2.05, 4.69) is 5.43 Å². The molecular formula is C6H9N3O3S. The molecular weight excluding hydrogens is 194 g/mol. The fourth-order valence-electron chi connectivity index (χ4n) is 0.730. The monoisotopic (exact) mass is 203 g/mol. The van der Waals surface area contributed by atoms with E-state index in [4.69, 9.17) is 10.3 Å². The van der Waals surface area contributed by atoms with Gasteiger partial charge >= 0.3 is 10.3 Å². The number of hydrogen-bond acceptors (Lipinski definition) is 4. The number of nitrogens with two attached hydrogens (primary N) is 1. The zero-order valence-corrected chi connectivity index (χ0v) is 7.38. The number of para-hydroxylation sites is 2. The predicted octanol–water partition coefficient (Wildman–Crippen LogP) is -0.0119. The van der Waals surface area contributed by atoms with Gasteiger partial charge in [-0.25, -0.2) is 0 Å². The number of rotatable bonds is 3. The van der Waals surface area contributed by atoms with Crippen LogP contribution in [0.25, 0.3) is 0 Å². The Morgan fingerprint density at radius 2 is 1.92 bits per heavy atom. The van der Waals surface area contributed by atoms with Gasteiger partial charge in [0.25, 0.3) is 0 Å². The van der Waals surface area contributed by atoms with E-state index >= 15 is 0 Å². The molecule has 0 saturated carbocycles. The molecule has 0 aliphatic carbocycles. The normalized spacial score (nSPS) is 11.2. The summed E-state index contributed by atoms with van der Waals surface area (Å²) in [5.74, 6) is 0. The number of anilines is 2. The van der Waals surface area contributed by atoms with Crippen molar-refractivity contribution in [3.63, 3.8) is 0 Å². The lowest BCUT2D eigenvalue weighted by Gasteiger charge is -2.07. The minimum Gasteiger partial charge on any atom is -0.397 e. The maximum absolute atomic E-state index is 10.3. The third kappa shape index (κ3) is 3.28. The summed E-state index contributed by atoms with van der Waals surface area (Å²) < 4.78 is 28.8. The van der Waals surface area contributed by atoms with E-state index in [1.165, 1.54) is 0 Å². The summed E-state index contributed by atoms with van der Waals surface area (Å²) in [6, 6.07) is 6.53. The van der Waals surface area contributed by atoms with E-state index in [0.717, 1.165) is 0 Å². The number of nitrogens with one attached hydrogen (secondary N) is 2. The van der Waals surface area contributed by atoms with Crippen molar-refractivity contribution >= 4 is 21.7 Å². The van der Waals surface area contributed by atoms with Crippen molar-refractivity contribution in [2.24, 2.45) is 0 Å². The fraction of sp³-hybridized carbons (Fsp3) is 0. The highest BCUT2D eigenvalue weighted by atomic mass is 32.2. The summed E-state index contributed by atoms with van der Waals surface area (Å²) in [4.78, 5) is 1.68. The fourth-order valence-corrected chi connectivity index (χ4v) is 0.969. The van der Waals surface area contributed by atoms with Gasteiger partial charge in [0.15, 0.2) is 0 Å². The van der Waals surface area contributed by atoms with Crippen molar-refractivity contribution in [2.75, 3.05) is 11.2 Å². The van der Waals surface area contributed by atoms with Crippen molar-refractivity contribution in [3.8, 4) is 0 Å². The predicted molar refractivity (Wildman–Crippen MR) is 49.2 cm³/mol. The highest BCUT2D eigenvalue weighted by Crippen LogP contribution is 2.15. The first-order valence-corrected chi connectivity index (χ1v) is 4.78. The van der Waals surface area contributed by atoms with E-state index in [1.807, 2.05) is 0 Å². The Labute approximate surface area is 75.6 Å². The van der Waals surface area contributed by atoms with E-state index in [0.29, 0.717) is 11.4 Å². The second kappa shape index (κ2) is 3.60. The van der Waals surface area contributed by atoms with Crippen molar-refractivity contribution in [3.05, 3.63) is 24.3 Å². The molecule has 0 spiro atoms. The maximum atomic E-state index is 10.3. The third-order valence-electron chi connectivity index (χ3n) is 1.28. The van der Waals surface area contributed by atoms with Gasteiger partial charge in [-0.1, -0.05) is 12.1 Å². The number of benzene rings is 1. The Morgan fingerprint density at radius 3 is 2.46 bits per heavy atom. The van der Waals surface area contributed by atoms with Gasteiger partial charge in [-0.15, -0.1) is 4.83 Å². The summed E-state index contributed by atoms with van der Waals surface area (Å²) in [6.07, 6.45) is 0.